The standard InChI is InChI=1S/C7H7N3/c8-5-1-2-6-7(3-5)10-4-9-6/h1-4H,8H2,(H,9,10)/i4+2. The number of hydrogen-bond donors (Lipinski definition) is 2. The maximum Gasteiger partial charge on any atom is 0.0931 e. The van der Waals surface area contributed by atoms with E-state index in [1.54, 1.807) is 6.33 Å². The highest BCUT2D eigenvalue weighted by Crippen LogP contribution is 2.11. The maximum atomic E-state index is 5.54. The molecule has 0 aliphatic heterocycles. The van der Waals surface area contributed by atoms with Gasteiger partial charge in [-0.05, 0) is 18.2 Å². The molecule has 50 valence electrons. The predicted molar refractivity (Wildman–Crippen MR) is 40.5 cm³/mol. The van der Waals surface area contributed by atoms with Crippen molar-refractivity contribution in [3.8, 4) is 0 Å². The van der Waals surface area contributed by atoms with E-state index in [-0.39, 0.29) is 0 Å². The van der Waals surface area contributed by atoms with Crippen LogP contribution in [0.2, 0.25) is 0 Å². The highest BCUT2D eigenvalue weighted by molar-refractivity contribution is 5.77. The van der Waals surface area contributed by atoms with Gasteiger partial charge in [0.05, 0.1) is 17.4 Å². The fourth-order valence-corrected chi connectivity index (χ4v) is 0.953. The lowest BCUT2D eigenvalue weighted by atomic mass is 10.3. The van der Waals surface area contributed by atoms with Crippen molar-refractivity contribution in [2.75, 3.05) is 5.73 Å². The Morgan fingerprint density at radius 2 is 2.40 bits per heavy atom. The molecular formula is C7H7N3. The van der Waals surface area contributed by atoms with Crippen molar-refractivity contribution in [2.45, 2.75) is 0 Å². The summed E-state index contributed by atoms with van der Waals surface area (Å²) in [5.74, 6) is 0. The fourth-order valence-electron chi connectivity index (χ4n) is 0.953. The zero-order chi connectivity index (χ0) is 6.97. The number of nitrogens with two attached hydrogens (primary N) is 1. The van der Waals surface area contributed by atoms with Crippen molar-refractivity contribution in [3.63, 3.8) is 0 Å². The van der Waals surface area contributed by atoms with Crippen LogP contribution in [-0.2, 0) is 0 Å². The molecule has 0 saturated heterocycles. The molecule has 3 N–H and O–H groups in total. The minimum absolute atomic E-state index is 0.761. The zero-order valence-corrected chi connectivity index (χ0v) is 5.33. The lowest BCUT2D eigenvalue weighted by Crippen LogP contribution is -1.82. The molecular weight excluding hydrogens is 128 g/mol. The summed E-state index contributed by atoms with van der Waals surface area (Å²) in [5, 5.41) is 0. The first-order valence-corrected chi connectivity index (χ1v) is 3.05. The lowest BCUT2D eigenvalue weighted by molar-refractivity contribution is 1.34. The summed E-state index contributed by atoms with van der Waals surface area (Å²) >= 11 is 0. The highest BCUT2D eigenvalue weighted by atomic mass is 15.3. The molecule has 2 rings (SSSR count). The zero-order valence-electron chi connectivity index (χ0n) is 5.33. The Bertz CT molecular complexity index is 350. The maximum absolute atomic E-state index is 5.54. The number of nitrogen functional groups attached to an aromatic ring is 1. The number of nitrogens with zero attached hydrogens (tertiary/aromatic N) is 1. The second-order valence-corrected chi connectivity index (χ2v) is 2.18. The smallest absolute Gasteiger partial charge is 0.0931 e. The first-order chi connectivity index (χ1) is 4.86. The van der Waals surface area contributed by atoms with E-state index in [0.717, 1.165) is 16.7 Å². The van der Waals surface area contributed by atoms with Gasteiger partial charge < -0.3 is 10.7 Å². The number of rotatable bonds is 0. The third-order valence-corrected chi connectivity index (χ3v) is 1.44. The second-order valence-electron chi connectivity index (χ2n) is 2.18. The summed E-state index contributed by atoms with van der Waals surface area (Å²) in [4.78, 5) is 7.02. The number of benzene rings is 1. The fraction of sp³-hybridized carbons (Fsp3) is 0. The summed E-state index contributed by atoms with van der Waals surface area (Å²) in [6.45, 7) is 0. The molecule has 1 aromatic carbocycles. The Morgan fingerprint density at radius 3 is 3.30 bits per heavy atom. The number of hydrogen-bond acceptors (Lipinski definition) is 2. The van der Waals surface area contributed by atoms with Crippen molar-refractivity contribution < 1.29 is 0 Å². The van der Waals surface area contributed by atoms with E-state index < -0.39 is 0 Å². The quantitative estimate of drug-likeness (QED) is 0.532. The Morgan fingerprint density at radius 1 is 1.50 bits per heavy atom. The first kappa shape index (κ1) is 5.29. The van der Waals surface area contributed by atoms with Crippen molar-refractivity contribution >= 4 is 16.7 Å². The number of anilines is 1. The van der Waals surface area contributed by atoms with Gasteiger partial charge in [-0.25, -0.2) is 4.98 Å². The molecule has 0 spiro atoms. The van der Waals surface area contributed by atoms with Crippen LogP contribution >= 0.6 is 0 Å². The van der Waals surface area contributed by atoms with Crippen molar-refractivity contribution in [2.24, 2.45) is 0 Å². The molecule has 0 atom stereocenters. The molecule has 0 radical (unpaired) electrons. The number of H-pyrrole nitrogens is 1. The van der Waals surface area contributed by atoms with Gasteiger partial charge in [-0.3, -0.25) is 0 Å². The monoisotopic (exact) mass is 135 g/mol. The van der Waals surface area contributed by atoms with E-state index in [9.17, 15) is 0 Å². The van der Waals surface area contributed by atoms with Crippen LogP contribution in [0.3, 0.4) is 0 Å². The molecule has 0 aliphatic carbocycles. The molecule has 0 fully saturated rings. The Kier molecular flexibility index (Phi) is 0.917. The van der Waals surface area contributed by atoms with E-state index >= 15 is 0 Å². The van der Waals surface area contributed by atoms with Gasteiger partial charge in [0.15, 0.2) is 0 Å². The Hall–Kier alpha value is -1.51. The summed E-state index contributed by atoms with van der Waals surface area (Å²) in [5.41, 5.74) is 8.24. The van der Waals surface area contributed by atoms with Crippen molar-refractivity contribution in [3.05, 3.63) is 24.5 Å². The van der Waals surface area contributed by atoms with Crippen LogP contribution in [0.4, 0.5) is 5.69 Å². The third kappa shape index (κ3) is 0.639. The van der Waals surface area contributed by atoms with Crippen LogP contribution in [0.5, 0.6) is 0 Å². The molecule has 0 unspecified atom stereocenters. The van der Waals surface area contributed by atoms with Crippen molar-refractivity contribution in [1.82, 2.24) is 9.97 Å². The lowest BCUT2D eigenvalue weighted by Gasteiger charge is -1.89. The van der Waals surface area contributed by atoms with Crippen molar-refractivity contribution in [1.29, 1.82) is 0 Å². The van der Waals surface area contributed by atoms with Gasteiger partial charge in [0.2, 0.25) is 0 Å². The van der Waals surface area contributed by atoms with E-state index in [0.29, 0.717) is 0 Å². The number of aromatic nitrogens is 2. The van der Waals surface area contributed by atoms with Gasteiger partial charge >= 0.3 is 0 Å². The molecule has 1 aromatic heterocycles. The number of imidazole rings is 1. The largest absolute Gasteiger partial charge is 0.399 e. The number of aromatic amines is 1. The van der Waals surface area contributed by atoms with Crippen LogP contribution < -0.4 is 5.73 Å². The molecule has 3 heteroatoms. The van der Waals surface area contributed by atoms with Crippen LogP contribution in [0, 0.1) is 0 Å². The van der Waals surface area contributed by atoms with Gasteiger partial charge in [-0.1, -0.05) is 0 Å². The van der Waals surface area contributed by atoms with Crippen LogP contribution in [-0.4, -0.2) is 9.97 Å². The molecule has 0 saturated carbocycles. The molecule has 1 heterocycles. The molecule has 0 aliphatic rings. The van der Waals surface area contributed by atoms with Gasteiger partial charge in [-0.15, -0.1) is 0 Å². The molecule has 2 aromatic rings. The van der Waals surface area contributed by atoms with E-state index in [4.69, 9.17) is 5.73 Å². The Balaban J connectivity index is 2.86. The Labute approximate surface area is 57.9 Å². The topological polar surface area (TPSA) is 54.7 Å². The van der Waals surface area contributed by atoms with Gasteiger partial charge in [0.1, 0.15) is 0 Å². The molecule has 0 bridgehead atoms. The van der Waals surface area contributed by atoms with E-state index in [1.807, 2.05) is 18.2 Å². The summed E-state index contributed by atoms with van der Waals surface area (Å²) in [6, 6.07) is 5.59. The molecule has 0 amide bonds. The predicted octanol–water partition coefficient (Wildman–Crippen LogP) is 1.15. The second kappa shape index (κ2) is 1.73. The molecule has 3 nitrogen and oxygen atoms in total. The van der Waals surface area contributed by atoms with E-state index in [2.05, 4.69) is 9.97 Å². The normalized spacial score (nSPS) is 10.4. The summed E-state index contributed by atoms with van der Waals surface area (Å²) < 4.78 is 0. The van der Waals surface area contributed by atoms with Crippen LogP contribution in [0.1, 0.15) is 0 Å². The summed E-state index contributed by atoms with van der Waals surface area (Å²) in [7, 11) is 0. The number of nitrogens with one attached hydrogen (secondary N) is 1. The van der Waals surface area contributed by atoms with Gasteiger partial charge in [0.25, 0.3) is 0 Å². The average Bonchev–Trinajstić information content (AvgIpc) is 2.33. The highest BCUT2D eigenvalue weighted by Gasteiger charge is 1.92. The SMILES string of the molecule is Nc1ccc2n[14cH][nH]c2c1. The van der Waals surface area contributed by atoms with Gasteiger partial charge in [0, 0.05) is 5.69 Å². The minimum Gasteiger partial charge on any atom is -0.399 e. The average molecular weight is 135 g/mol. The minimum atomic E-state index is 0.761. The number of fused-ring (bicyclic) bond motifs is 1. The summed E-state index contributed by atoms with van der Waals surface area (Å²) in [6.07, 6.45) is 1.66. The third-order valence-electron chi connectivity index (χ3n) is 1.44. The first-order valence-electron chi connectivity index (χ1n) is 3.05. The van der Waals surface area contributed by atoms with Gasteiger partial charge in [-0.2, -0.15) is 0 Å². The van der Waals surface area contributed by atoms with Crippen LogP contribution in [0.15, 0.2) is 24.5 Å². The van der Waals surface area contributed by atoms with Crippen LogP contribution in [0.25, 0.3) is 11.0 Å². The van der Waals surface area contributed by atoms with E-state index in [1.165, 1.54) is 0 Å². The molecule has 10 heavy (non-hydrogen) atoms.